The quantitative estimate of drug-likeness (QED) is 0.713. The second kappa shape index (κ2) is 6.29. The van der Waals surface area contributed by atoms with Gasteiger partial charge in [0, 0.05) is 13.2 Å². The van der Waals surface area contributed by atoms with Gasteiger partial charge in [-0.2, -0.15) is 4.98 Å². The summed E-state index contributed by atoms with van der Waals surface area (Å²) >= 11 is 0. The molecule has 20 heavy (non-hydrogen) atoms. The summed E-state index contributed by atoms with van der Waals surface area (Å²) < 4.78 is 6.43. The molecule has 0 amide bonds. The average Bonchev–Trinajstić information content (AvgIpc) is 2.85. The molecule has 3 N–H and O–H groups in total. The van der Waals surface area contributed by atoms with Gasteiger partial charge in [0.05, 0.1) is 26.1 Å². The highest BCUT2D eigenvalue weighted by Crippen LogP contribution is 2.14. The molecule has 1 atom stereocenters. The van der Waals surface area contributed by atoms with Gasteiger partial charge in [0.1, 0.15) is 5.52 Å². The summed E-state index contributed by atoms with van der Waals surface area (Å²) in [6.07, 6.45) is 4.01. The molecule has 0 aromatic carbocycles. The Bertz CT molecular complexity index is 598. The van der Waals surface area contributed by atoms with E-state index in [2.05, 4.69) is 19.7 Å². The van der Waals surface area contributed by atoms with Crippen molar-refractivity contribution < 1.29 is 14.6 Å². The van der Waals surface area contributed by atoms with Crippen molar-refractivity contribution in [1.82, 2.24) is 19.5 Å². The number of carbonyl (C=O) groups is 1. The zero-order valence-electron chi connectivity index (χ0n) is 11.2. The summed E-state index contributed by atoms with van der Waals surface area (Å²) in [6.45, 7) is 0.508. The van der Waals surface area contributed by atoms with Gasteiger partial charge in [-0.3, -0.25) is 4.79 Å². The van der Waals surface area contributed by atoms with E-state index in [1.807, 2.05) is 4.57 Å². The predicted octanol–water partition coefficient (Wildman–Crippen LogP) is -0.0298. The number of hydrogen-bond acceptors (Lipinski definition) is 7. The molecule has 0 radical (unpaired) electrons. The molecule has 0 fully saturated rings. The molecule has 2 heterocycles. The molecule has 108 valence electrons. The van der Waals surface area contributed by atoms with Gasteiger partial charge < -0.3 is 20.1 Å². The number of fused-ring (bicyclic) bond motifs is 1. The van der Waals surface area contributed by atoms with Crippen molar-refractivity contribution in [2.45, 2.75) is 19.4 Å². The van der Waals surface area contributed by atoms with Crippen LogP contribution < -0.4 is 5.73 Å². The lowest BCUT2D eigenvalue weighted by atomic mass is 10.0. The van der Waals surface area contributed by atoms with Gasteiger partial charge >= 0.3 is 5.97 Å². The third-order valence-electron chi connectivity index (χ3n) is 3.10. The first-order valence-electron chi connectivity index (χ1n) is 6.25. The molecule has 0 aliphatic carbocycles. The molecular formula is C12H17N5O3. The highest BCUT2D eigenvalue weighted by molar-refractivity contribution is 5.70. The molecule has 0 spiro atoms. The number of rotatable bonds is 6. The number of aliphatic hydroxyl groups excluding tert-OH is 1. The van der Waals surface area contributed by atoms with E-state index in [9.17, 15) is 9.90 Å². The largest absolute Gasteiger partial charge is 0.469 e. The number of ether oxygens (including phenoxy) is 1. The van der Waals surface area contributed by atoms with Crippen molar-refractivity contribution >= 4 is 23.1 Å². The van der Waals surface area contributed by atoms with Crippen LogP contribution in [0, 0.1) is 5.92 Å². The number of hydrogen-bond donors (Lipinski definition) is 2. The van der Waals surface area contributed by atoms with E-state index in [4.69, 9.17) is 5.73 Å². The Kier molecular flexibility index (Phi) is 4.46. The van der Waals surface area contributed by atoms with Gasteiger partial charge in [-0.25, -0.2) is 9.97 Å². The number of esters is 1. The molecule has 0 aliphatic heterocycles. The van der Waals surface area contributed by atoms with E-state index in [1.165, 1.54) is 7.11 Å². The molecule has 2 aromatic heterocycles. The van der Waals surface area contributed by atoms with Crippen molar-refractivity contribution in [1.29, 1.82) is 0 Å². The first-order chi connectivity index (χ1) is 9.63. The maximum Gasteiger partial charge on any atom is 0.305 e. The number of nitrogens with two attached hydrogens (primary N) is 1. The van der Waals surface area contributed by atoms with Gasteiger partial charge in [0.25, 0.3) is 0 Å². The molecule has 1 unspecified atom stereocenters. The lowest BCUT2D eigenvalue weighted by molar-refractivity contribution is -0.142. The van der Waals surface area contributed by atoms with Crippen molar-refractivity contribution in [3.8, 4) is 0 Å². The highest BCUT2D eigenvalue weighted by atomic mass is 16.5. The molecule has 8 nitrogen and oxygen atoms in total. The Morgan fingerprint density at radius 1 is 1.55 bits per heavy atom. The summed E-state index contributed by atoms with van der Waals surface area (Å²) in [6, 6.07) is 0. The van der Waals surface area contributed by atoms with Gasteiger partial charge in [0.2, 0.25) is 5.95 Å². The number of imidazole rings is 1. The lowest BCUT2D eigenvalue weighted by Gasteiger charge is -2.13. The van der Waals surface area contributed by atoms with E-state index >= 15 is 0 Å². The van der Waals surface area contributed by atoms with Crippen molar-refractivity contribution in [3.05, 3.63) is 12.5 Å². The van der Waals surface area contributed by atoms with E-state index in [0.29, 0.717) is 24.1 Å². The number of anilines is 1. The van der Waals surface area contributed by atoms with Crippen LogP contribution in [0.15, 0.2) is 12.5 Å². The summed E-state index contributed by atoms with van der Waals surface area (Å²) in [5, 5.41) is 9.28. The van der Waals surface area contributed by atoms with Crippen LogP contribution >= 0.6 is 0 Å². The fraction of sp³-hybridized carbons (Fsp3) is 0.500. The Labute approximate surface area is 115 Å². The van der Waals surface area contributed by atoms with Crippen LogP contribution in [0.2, 0.25) is 0 Å². The zero-order chi connectivity index (χ0) is 14.5. The monoisotopic (exact) mass is 279 g/mol. The van der Waals surface area contributed by atoms with Crippen molar-refractivity contribution in [2.24, 2.45) is 5.92 Å². The molecule has 0 saturated carbocycles. The number of aliphatic hydroxyl groups is 1. The maximum atomic E-state index is 11.2. The van der Waals surface area contributed by atoms with Crippen LogP contribution in [0.4, 0.5) is 5.95 Å². The fourth-order valence-electron chi connectivity index (χ4n) is 1.93. The van der Waals surface area contributed by atoms with E-state index in [1.54, 1.807) is 12.5 Å². The van der Waals surface area contributed by atoms with Crippen molar-refractivity contribution in [2.75, 3.05) is 19.5 Å². The predicted molar refractivity (Wildman–Crippen MR) is 71.6 cm³/mol. The van der Waals surface area contributed by atoms with Gasteiger partial charge in [-0.1, -0.05) is 0 Å². The number of methoxy groups -OCH3 is 1. The fourth-order valence-corrected chi connectivity index (χ4v) is 1.93. The second-order valence-electron chi connectivity index (χ2n) is 4.49. The Balaban J connectivity index is 2.04. The minimum atomic E-state index is -0.328. The van der Waals surface area contributed by atoms with Gasteiger partial charge in [-0.15, -0.1) is 0 Å². The Morgan fingerprint density at radius 2 is 2.35 bits per heavy atom. The molecule has 0 bridgehead atoms. The van der Waals surface area contributed by atoms with Crippen LogP contribution in [-0.2, 0) is 16.1 Å². The van der Waals surface area contributed by atoms with E-state index in [-0.39, 0.29) is 30.9 Å². The van der Waals surface area contributed by atoms with Crippen LogP contribution in [0.25, 0.3) is 11.2 Å². The first kappa shape index (κ1) is 14.2. The highest BCUT2D eigenvalue weighted by Gasteiger charge is 2.14. The van der Waals surface area contributed by atoms with Crippen LogP contribution in [0.3, 0.4) is 0 Å². The Morgan fingerprint density at radius 3 is 3.05 bits per heavy atom. The van der Waals surface area contributed by atoms with E-state index in [0.717, 1.165) is 0 Å². The third-order valence-corrected chi connectivity index (χ3v) is 3.10. The van der Waals surface area contributed by atoms with Gasteiger partial charge in [-0.05, 0) is 12.3 Å². The molecule has 2 rings (SSSR count). The number of nitrogens with zero attached hydrogens (tertiary/aromatic N) is 4. The molecule has 0 aliphatic rings. The summed E-state index contributed by atoms with van der Waals surface area (Å²) in [5.41, 5.74) is 6.86. The summed E-state index contributed by atoms with van der Waals surface area (Å²) in [4.78, 5) is 23.4. The standard InChI is InChI=1S/C12H17N5O3/c1-20-10(19)4-8(6-18)2-3-17-7-15-9-5-14-12(13)16-11(9)17/h5,7-8,18H,2-4,6H2,1H3,(H2,13,14,16). The molecule has 2 aromatic rings. The number of carbonyl (C=O) groups excluding carboxylic acids is 1. The zero-order valence-corrected chi connectivity index (χ0v) is 11.2. The normalized spacial score (nSPS) is 12.5. The number of aryl methyl sites for hydroxylation is 1. The lowest BCUT2D eigenvalue weighted by Crippen LogP contribution is -2.16. The topological polar surface area (TPSA) is 116 Å². The minimum absolute atomic E-state index is 0.0706. The van der Waals surface area contributed by atoms with Crippen LogP contribution in [0.1, 0.15) is 12.8 Å². The maximum absolute atomic E-state index is 11.2. The smallest absolute Gasteiger partial charge is 0.305 e. The molecule has 8 heteroatoms. The van der Waals surface area contributed by atoms with Crippen molar-refractivity contribution in [3.63, 3.8) is 0 Å². The molecule has 0 saturated heterocycles. The van der Waals surface area contributed by atoms with Crippen LogP contribution in [-0.4, -0.2) is 44.3 Å². The number of aromatic nitrogens is 4. The summed E-state index contributed by atoms with van der Waals surface area (Å²) in [5.74, 6) is -0.294. The summed E-state index contributed by atoms with van der Waals surface area (Å²) in [7, 11) is 1.33. The Hall–Kier alpha value is -2.22. The second-order valence-corrected chi connectivity index (χ2v) is 4.49. The van der Waals surface area contributed by atoms with E-state index < -0.39 is 0 Å². The average molecular weight is 279 g/mol. The SMILES string of the molecule is COC(=O)CC(CO)CCn1cnc2cnc(N)nc21. The van der Waals surface area contributed by atoms with Gasteiger partial charge in [0.15, 0.2) is 5.65 Å². The third kappa shape index (κ3) is 3.21. The number of nitrogen functional groups attached to an aromatic ring is 1. The molecular weight excluding hydrogens is 262 g/mol. The first-order valence-corrected chi connectivity index (χ1v) is 6.25. The minimum Gasteiger partial charge on any atom is -0.469 e. The van der Waals surface area contributed by atoms with Crippen LogP contribution in [0.5, 0.6) is 0 Å².